The van der Waals surface area contributed by atoms with Crippen LogP contribution in [0, 0.1) is 5.82 Å². The maximum absolute atomic E-state index is 13.7. The van der Waals surface area contributed by atoms with Crippen molar-refractivity contribution in [1.82, 2.24) is 4.98 Å². The van der Waals surface area contributed by atoms with Crippen LogP contribution in [0.1, 0.15) is 6.42 Å². The second-order valence-corrected chi connectivity index (χ2v) is 5.24. The number of nitrogens with one attached hydrogen (secondary N) is 1. The molecule has 4 nitrogen and oxygen atoms in total. The van der Waals surface area contributed by atoms with Crippen molar-refractivity contribution in [1.29, 1.82) is 0 Å². The minimum Gasteiger partial charge on any atom is -0.490 e. The molecule has 1 aliphatic rings. The fraction of sp³-hybridized carbons (Fsp3) is 0.214. The largest absolute Gasteiger partial charge is 0.490 e. The normalized spacial score (nSPS) is 13.7. The topological polar surface area (TPSA) is 43.4 Å². The number of benzene rings is 1. The number of nitrogens with zero attached hydrogens (tertiary/aromatic N) is 1. The number of halogens is 2. The smallest absolute Gasteiger partial charge is 0.166 e. The molecule has 1 aromatic carbocycles. The first-order valence-electron chi connectivity index (χ1n) is 6.20. The molecule has 0 spiro atoms. The summed E-state index contributed by atoms with van der Waals surface area (Å²) < 4.78 is 25.5. The third-order valence-corrected chi connectivity index (χ3v) is 3.25. The first kappa shape index (κ1) is 13.2. The highest BCUT2D eigenvalue weighted by atomic mass is 79.9. The zero-order chi connectivity index (χ0) is 13.9. The van der Waals surface area contributed by atoms with Gasteiger partial charge in [-0.1, -0.05) is 0 Å². The monoisotopic (exact) mass is 338 g/mol. The maximum Gasteiger partial charge on any atom is 0.166 e. The minimum atomic E-state index is -0.425. The average molecular weight is 339 g/mol. The summed E-state index contributed by atoms with van der Waals surface area (Å²) in [6.45, 7) is 1.25. The predicted molar refractivity (Wildman–Crippen MR) is 77.2 cm³/mol. The summed E-state index contributed by atoms with van der Waals surface area (Å²) in [5.74, 6) is 1.11. The van der Waals surface area contributed by atoms with Crippen molar-refractivity contribution < 1.29 is 13.9 Å². The van der Waals surface area contributed by atoms with E-state index in [0.717, 1.165) is 6.42 Å². The molecule has 0 bridgehead atoms. The van der Waals surface area contributed by atoms with Gasteiger partial charge in [-0.25, -0.2) is 9.37 Å². The van der Waals surface area contributed by atoms with Crippen LogP contribution in [0.2, 0.25) is 0 Å². The number of hydrogen-bond donors (Lipinski definition) is 1. The molecular formula is C14H12BrFN2O2. The van der Waals surface area contributed by atoms with E-state index in [1.54, 1.807) is 18.2 Å². The van der Waals surface area contributed by atoms with Crippen LogP contribution >= 0.6 is 15.9 Å². The molecule has 104 valence electrons. The molecule has 3 rings (SSSR count). The van der Waals surface area contributed by atoms with Crippen molar-refractivity contribution in [3.05, 3.63) is 40.8 Å². The van der Waals surface area contributed by atoms with Crippen LogP contribution in [-0.2, 0) is 0 Å². The Bertz CT molecular complexity index is 637. The summed E-state index contributed by atoms with van der Waals surface area (Å²) in [6, 6.07) is 6.75. The quantitative estimate of drug-likeness (QED) is 0.902. The van der Waals surface area contributed by atoms with E-state index in [0.29, 0.717) is 34.9 Å². The standard InChI is InChI=1S/C14H12BrFN2O2/c15-9-6-11(16)14(17-8-9)18-10-2-3-12-13(7-10)20-5-1-4-19-12/h2-3,6-8H,1,4-5H2,(H,17,18). The molecule has 0 aliphatic carbocycles. The van der Waals surface area contributed by atoms with E-state index in [-0.39, 0.29) is 5.82 Å². The number of pyridine rings is 1. The zero-order valence-electron chi connectivity index (χ0n) is 10.5. The van der Waals surface area contributed by atoms with Gasteiger partial charge in [0.25, 0.3) is 0 Å². The van der Waals surface area contributed by atoms with Crippen LogP contribution in [0.25, 0.3) is 0 Å². The summed E-state index contributed by atoms with van der Waals surface area (Å²) in [6.07, 6.45) is 2.38. The van der Waals surface area contributed by atoms with Gasteiger partial charge in [0.15, 0.2) is 23.1 Å². The third kappa shape index (κ3) is 2.85. The lowest BCUT2D eigenvalue weighted by molar-refractivity contribution is 0.297. The molecular weight excluding hydrogens is 327 g/mol. The predicted octanol–water partition coefficient (Wildman–Crippen LogP) is 3.89. The number of hydrogen-bond acceptors (Lipinski definition) is 4. The lowest BCUT2D eigenvalue weighted by atomic mass is 10.2. The van der Waals surface area contributed by atoms with Crippen LogP contribution in [0.15, 0.2) is 34.9 Å². The van der Waals surface area contributed by atoms with Gasteiger partial charge in [-0.3, -0.25) is 0 Å². The molecule has 0 amide bonds. The minimum absolute atomic E-state index is 0.169. The Labute approximate surface area is 124 Å². The highest BCUT2D eigenvalue weighted by Gasteiger charge is 2.12. The molecule has 2 aromatic rings. The van der Waals surface area contributed by atoms with E-state index in [2.05, 4.69) is 26.2 Å². The van der Waals surface area contributed by atoms with Crippen molar-refractivity contribution in [2.24, 2.45) is 0 Å². The lowest BCUT2D eigenvalue weighted by Gasteiger charge is -2.11. The number of rotatable bonds is 2. The van der Waals surface area contributed by atoms with Crippen LogP contribution < -0.4 is 14.8 Å². The van der Waals surface area contributed by atoms with Gasteiger partial charge in [0.2, 0.25) is 0 Å². The Balaban J connectivity index is 1.86. The fourth-order valence-electron chi connectivity index (χ4n) is 1.88. The summed E-state index contributed by atoms with van der Waals surface area (Å²) in [5.41, 5.74) is 0.697. The van der Waals surface area contributed by atoms with Gasteiger partial charge in [0.05, 0.1) is 13.2 Å². The fourth-order valence-corrected chi connectivity index (χ4v) is 2.19. The molecule has 1 aliphatic heterocycles. The zero-order valence-corrected chi connectivity index (χ0v) is 12.1. The van der Waals surface area contributed by atoms with Crippen molar-refractivity contribution in [2.75, 3.05) is 18.5 Å². The van der Waals surface area contributed by atoms with Crippen molar-refractivity contribution in [3.8, 4) is 11.5 Å². The second kappa shape index (κ2) is 5.66. The van der Waals surface area contributed by atoms with Gasteiger partial charge in [-0.2, -0.15) is 0 Å². The van der Waals surface area contributed by atoms with Crippen LogP contribution in [0.4, 0.5) is 15.9 Å². The Hall–Kier alpha value is -1.82. The number of fused-ring (bicyclic) bond motifs is 1. The van der Waals surface area contributed by atoms with Crippen LogP contribution in [0.5, 0.6) is 11.5 Å². The summed E-state index contributed by atoms with van der Waals surface area (Å²) in [5, 5.41) is 2.93. The van der Waals surface area contributed by atoms with E-state index in [4.69, 9.17) is 9.47 Å². The molecule has 6 heteroatoms. The van der Waals surface area contributed by atoms with Gasteiger partial charge in [0, 0.05) is 28.8 Å². The Morgan fingerprint density at radius 2 is 1.95 bits per heavy atom. The lowest BCUT2D eigenvalue weighted by Crippen LogP contribution is -1.98. The Morgan fingerprint density at radius 1 is 1.15 bits per heavy atom. The highest BCUT2D eigenvalue weighted by molar-refractivity contribution is 9.10. The second-order valence-electron chi connectivity index (χ2n) is 4.32. The van der Waals surface area contributed by atoms with Gasteiger partial charge in [-0.15, -0.1) is 0 Å². The van der Waals surface area contributed by atoms with Crippen LogP contribution in [0.3, 0.4) is 0 Å². The van der Waals surface area contributed by atoms with E-state index in [1.807, 2.05) is 0 Å². The van der Waals surface area contributed by atoms with Gasteiger partial charge in [0.1, 0.15) is 0 Å². The molecule has 2 heterocycles. The Kier molecular flexibility index (Phi) is 3.73. The SMILES string of the molecule is Fc1cc(Br)cnc1Nc1ccc2c(c1)OCCCO2. The molecule has 0 atom stereocenters. The number of ether oxygens (including phenoxy) is 2. The van der Waals surface area contributed by atoms with E-state index < -0.39 is 5.82 Å². The Morgan fingerprint density at radius 3 is 2.75 bits per heavy atom. The molecule has 0 radical (unpaired) electrons. The van der Waals surface area contributed by atoms with Crippen LogP contribution in [-0.4, -0.2) is 18.2 Å². The van der Waals surface area contributed by atoms with E-state index in [1.165, 1.54) is 12.3 Å². The molecule has 1 N–H and O–H groups in total. The summed E-state index contributed by atoms with van der Waals surface area (Å²) in [7, 11) is 0. The molecule has 0 unspecified atom stereocenters. The number of aromatic nitrogens is 1. The van der Waals surface area contributed by atoms with Crippen molar-refractivity contribution in [2.45, 2.75) is 6.42 Å². The molecule has 0 saturated heterocycles. The first-order chi connectivity index (χ1) is 9.72. The summed E-state index contributed by atoms with van der Waals surface area (Å²) >= 11 is 3.17. The maximum atomic E-state index is 13.7. The third-order valence-electron chi connectivity index (χ3n) is 2.82. The van der Waals surface area contributed by atoms with Crippen molar-refractivity contribution >= 4 is 27.4 Å². The summed E-state index contributed by atoms with van der Waals surface area (Å²) in [4.78, 5) is 4.00. The van der Waals surface area contributed by atoms with Gasteiger partial charge >= 0.3 is 0 Å². The van der Waals surface area contributed by atoms with E-state index in [9.17, 15) is 4.39 Å². The number of anilines is 2. The molecule has 20 heavy (non-hydrogen) atoms. The molecule has 0 fully saturated rings. The molecule has 0 saturated carbocycles. The van der Waals surface area contributed by atoms with Gasteiger partial charge in [-0.05, 0) is 34.1 Å². The van der Waals surface area contributed by atoms with Crippen molar-refractivity contribution in [3.63, 3.8) is 0 Å². The van der Waals surface area contributed by atoms with Gasteiger partial charge < -0.3 is 14.8 Å². The average Bonchev–Trinajstić information content (AvgIpc) is 2.66. The van der Waals surface area contributed by atoms with E-state index >= 15 is 0 Å². The first-order valence-corrected chi connectivity index (χ1v) is 6.99. The molecule has 1 aromatic heterocycles. The highest BCUT2D eigenvalue weighted by Crippen LogP contribution is 2.33.